The van der Waals surface area contributed by atoms with Gasteiger partial charge in [0.2, 0.25) is 0 Å². The van der Waals surface area contributed by atoms with Gasteiger partial charge in [-0.25, -0.2) is 15.0 Å². The van der Waals surface area contributed by atoms with Crippen LogP contribution in [-0.4, -0.2) is 53.5 Å². The molecular weight excluding hydrogens is 413 g/mol. The van der Waals surface area contributed by atoms with E-state index >= 15 is 0 Å². The zero-order valence-corrected chi connectivity index (χ0v) is 16.7. The number of rotatable bonds is 4. The topological polar surface area (TPSA) is 106 Å². The minimum Gasteiger partial charge on any atom is -0.384 e. The monoisotopic (exact) mass is 436 g/mol. The van der Waals surface area contributed by atoms with Gasteiger partial charge >= 0.3 is 6.18 Å². The Labute approximate surface area is 177 Å². The smallest absolute Gasteiger partial charge is 0.384 e. The Morgan fingerprint density at radius 1 is 1.26 bits per heavy atom. The number of hydrogen-bond donors (Lipinski definition) is 2. The average molecular weight is 436 g/mol. The number of halogens is 3. The molecule has 4 rings (SSSR count). The molecule has 0 aromatic carbocycles. The standard InChI is InChI=1S/C20H23F3N6O2/c21-20(22,23)15-7-17(24)26-8-13(15)18-27-9-14(16-10-25-4-6-31-16)19(28-18)29-5-2-1-3-12(29)11-30/h7-9,11-12,16,25H,1-6,10H2,(H2,24,26). The van der Waals surface area contributed by atoms with E-state index < -0.39 is 17.8 Å². The predicted octanol–water partition coefficient (Wildman–Crippen LogP) is 2.36. The molecule has 2 fully saturated rings. The maximum absolute atomic E-state index is 13.6. The lowest BCUT2D eigenvalue weighted by atomic mass is 10.0. The minimum absolute atomic E-state index is 0.127. The molecular formula is C20H23F3N6O2. The van der Waals surface area contributed by atoms with E-state index in [1.165, 1.54) is 6.20 Å². The lowest BCUT2D eigenvalue weighted by Gasteiger charge is -2.36. The fourth-order valence-corrected chi connectivity index (χ4v) is 3.98. The molecule has 2 atom stereocenters. The number of anilines is 2. The van der Waals surface area contributed by atoms with Crippen molar-refractivity contribution in [3.05, 3.63) is 29.6 Å². The van der Waals surface area contributed by atoms with Crippen molar-refractivity contribution in [2.75, 3.05) is 36.9 Å². The second kappa shape index (κ2) is 8.75. The van der Waals surface area contributed by atoms with E-state index in [-0.39, 0.29) is 23.3 Å². The summed E-state index contributed by atoms with van der Waals surface area (Å²) in [5.41, 5.74) is 4.90. The van der Waals surface area contributed by atoms with Crippen LogP contribution in [0.15, 0.2) is 18.5 Å². The van der Waals surface area contributed by atoms with Gasteiger partial charge in [0, 0.05) is 43.2 Å². The second-order valence-electron chi connectivity index (χ2n) is 7.58. The first-order chi connectivity index (χ1) is 14.9. The molecule has 2 aliphatic heterocycles. The number of alkyl halides is 3. The van der Waals surface area contributed by atoms with Crippen molar-refractivity contribution in [3.63, 3.8) is 0 Å². The molecule has 2 aromatic rings. The molecule has 11 heteroatoms. The summed E-state index contributed by atoms with van der Waals surface area (Å²) < 4.78 is 46.7. The van der Waals surface area contributed by atoms with E-state index in [2.05, 4.69) is 20.3 Å². The highest BCUT2D eigenvalue weighted by Crippen LogP contribution is 2.38. The van der Waals surface area contributed by atoms with Gasteiger partial charge in [0.15, 0.2) is 5.82 Å². The molecule has 0 spiro atoms. The molecule has 0 saturated carbocycles. The number of aldehydes is 1. The van der Waals surface area contributed by atoms with Crippen LogP contribution in [0.1, 0.15) is 36.5 Å². The Hall–Kier alpha value is -2.79. The van der Waals surface area contributed by atoms with Gasteiger partial charge in [-0.15, -0.1) is 0 Å². The minimum atomic E-state index is -4.65. The van der Waals surface area contributed by atoms with Crippen LogP contribution in [-0.2, 0) is 15.7 Å². The van der Waals surface area contributed by atoms with Gasteiger partial charge in [0.25, 0.3) is 0 Å². The van der Waals surface area contributed by atoms with Gasteiger partial charge in [-0.2, -0.15) is 13.2 Å². The maximum atomic E-state index is 13.6. The Balaban J connectivity index is 1.84. The lowest BCUT2D eigenvalue weighted by molar-refractivity contribution is -0.137. The highest BCUT2D eigenvalue weighted by atomic mass is 19.4. The molecule has 2 aliphatic rings. The zero-order chi connectivity index (χ0) is 22.0. The zero-order valence-electron chi connectivity index (χ0n) is 16.7. The Kier molecular flexibility index (Phi) is 6.05. The van der Waals surface area contributed by atoms with E-state index in [1.807, 2.05) is 4.90 Å². The number of pyridine rings is 1. The summed E-state index contributed by atoms with van der Waals surface area (Å²) in [5.74, 6) is 0.0460. The number of nitrogens with one attached hydrogen (secondary N) is 1. The third-order valence-corrected chi connectivity index (χ3v) is 5.52. The Bertz CT molecular complexity index is 949. The number of nitrogens with zero attached hydrogens (tertiary/aromatic N) is 4. The molecule has 2 aromatic heterocycles. The van der Waals surface area contributed by atoms with E-state index in [0.29, 0.717) is 44.0 Å². The summed E-state index contributed by atoms with van der Waals surface area (Å²) in [5, 5.41) is 3.23. The van der Waals surface area contributed by atoms with Crippen molar-refractivity contribution in [1.82, 2.24) is 20.3 Å². The van der Waals surface area contributed by atoms with E-state index in [4.69, 9.17) is 10.5 Å². The highest BCUT2D eigenvalue weighted by Gasteiger charge is 2.36. The summed E-state index contributed by atoms with van der Waals surface area (Å²) >= 11 is 0. The van der Waals surface area contributed by atoms with Crippen LogP contribution in [0.4, 0.5) is 24.8 Å². The van der Waals surface area contributed by atoms with Crippen LogP contribution >= 0.6 is 0 Å². The number of hydrogen-bond acceptors (Lipinski definition) is 8. The number of ether oxygens (including phenoxy) is 1. The van der Waals surface area contributed by atoms with Gasteiger partial charge in [-0.1, -0.05) is 0 Å². The van der Waals surface area contributed by atoms with Crippen LogP contribution in [0.5, 0.6) is 0 Å². The Morgan fingerprint density at radius 2 is 2.10 bits per heavy atom. The van der Waals surface area contributed by atoms with E-state index in [9.17, 15) is 18.0 Å². The predicted molar refractivity (Wildman–Crippen MR) is 107 cm³/mol. The summed E-state index contributed by atoms with van der Waals surface area (Å²) in [6.07, 6.45) is 0.768. The van der Waals surface area contributed by atoms with E-state index in [0.717, 1.165) is 31.4 Å². The van der Waals surface area contributed by atoms with Crippen LogP contribution in [0.2, 0.25) is 0 Å². The van der Waals surface area contributed by atoms with Crippen LogP contribution in [0.3, 0.4) is 0 Å². The quantitative estimate of drug-likeness (QED) is 0.704. The molecule has 31 heavy (non-hydrogen) atoms. The van der Waals surface area contributed by atoms with Crippen molar-refractivity contribution in [2.45, 2.75) is 37.6 Å². The van der Waals surface area contributed by atoms with Gasteiger partial charge in [0.1, 0.15) is 24.0 Å². The van der Waals surface area contributed by atoms with Crippen LogP contribution < -0.4 is 16.0 Å². The molecule has 2 unspecified atom stereocenters. The van der Waals surface area contributed by atoms with Crippen molar-refractivity contribution >= 4 is 17.9 Å². The van der Waals surface area contributed by atoms with Gasteiger partial charge < -0.3 is 25.5 Å². The average Bonchev–Trinajstić information content (AvgIpc) is 2.78. The number of aromatic nitrogens is 3. The molecule has 8 nitrogen and oxygen atoms in total. The molecule has 4 heterocycles. The van der Waals surface area contributed by atoms with Crippen LogP contribution in [0.25, 0.3) is 11.4 Å². The van der Waals surface area contributed by atoms with Gasteiger partial charge in [-0.3, -0.25) is 0 Å². The van der Waals surface area contributed by atoms with Crippen LogP contribution in [0, 0.1) is 0 Å². The molecule has 0 amide bonds. The number of carbonyl (C=O) groups is 1. The first kappa shape index (κ1) is 21.4. The summed E-state index contributed by atoms with van der Waals surface area (Å²) in [4.78, 5) is 26.1. The molecule has 3 N–H and O–H groups in total. The second-order valence-corrected chi connectivity index (χ2v) is 7.58. The first-order valence-electron chi connectivity index (χ1n) is 10.1. The SMILES string of the molecule is Nc1cc(C(F)(F)F)c(-c2ncc(C3CNCCO3)c(N3CCCCC3C=O)n2)cn1. The third kappa shape index (κ3) is 4.47. The Morgan fingerprint density at radius 3 is 2.81 bits per heavy atom. The first-order valence-corrected chi connectivity index (χ1v) is 10.1. The van der Waals surface area contributed by atoms with Gasteiger partial charge in [0.05, 0.1) is 18.2 Å². The molecule has 166 valence electrons. The molecule has 0 aliphatic carbocycles. The maximum Gasteiger partial charge on any atom is 0.417 e. The summed E-state index contributed by atoms with van der Waals surface area (Å²) in [6.45, 7) is 2.28. The van der Waals surface area contributed by atoms with Crippen molar-refractivity contribution in [2.24, 2.45) is 0 Å². The number of morpholine rings is 1. The van der Waals surface area contributed by atoms with E-state index in [1.54, 1.807) is 0 Å². The normalized spacial score (nSPS) is 22.4. The van der Waals surface area contributed by atoms with Gasteiger partial charge in [-0.05, 0) is 25.3 Å². The molecule has 0 radical (unpaired) electrons. The molecule has 0 bridgehead atoms. The fraction of sp³-hybridized carbons (Fsp3) is 0.500. The summed E-state index contributed by atoms with van der Waals surface area (Å²) in [7, 11) is 0. The fourth-order valence-electron chi connectivity index (χ4n) is 3.98. The molecule has 2 saturated heterocycles. The van der Waals surface area contributed by atoms with Crippen molar-refractivity contribution in [3.8, 4) is 11.4 Å². The largest absolute Gasteiger partial charge is 0.417 e. The highest BCUT2D eigenvalue weighted by molar-refractivity contribution is 5.69. The number of carbonyl (C=O) groups excluding carboxylic acids is 1. The lowest BCUT2D eigenvalue weighted by Crippen LogP contribution is -2.43. The van der Waals surface area contributed by atoms with Crippen molar-refractivity contribution in [1.29, 1.82) is 0 Å². The van der Waals surface area contributed by atoms with Crippen molar-refractivity contribution < 1.29 is 22.7 Å². The summed E-state index contributed by atoms with van der Waals surface area (Å²) in [6, 6.07) is 0.369. The third-order valence-electron chi connectivity index (χ3n) is 5.52. The number of piperidine rings is 1. The number of nitrogens with two attached hydrogens (primary N) is 1. The number of nitrogen functional groups attached to an aromatic ring is 1.